The molecule has 1 atom stereocenters. The summed E-state index contributed by atoms with van der Waals surface area (Å²) in [5.41, 5.74) is 6.02. The van der Waals surface area contributed by atoms with Crippen LogP contribution in [-0.2, 0) is 11.2 Å². The van der Waals surface area contributed by atoms with Crippen LogP contribution in [-0.4, -0.2) is 41.3 Å². The summed E-state index contributed by atoms with van der Waals surface area (Å²) >= 11 is 0. The fourth-order valence-electron chi connectivity index (χ4n) is 4.76. The Morgan fingerprint density at radius 1 is 1.18 bits per heavy atom. The Kier molecular flexibility index (Phi) is 6.03. The maximum absolute atomic E-state index is 11.4. The number of nitrogens with zero attached hydrogens (tertiary/aromatic N) is 5. The van der Waals surface area contributed by atoms with E-state index >= 15 is 0 Å². The fraction of sp³-hybridized carbons (Fsp3) is 0.269. The SMILES string of the molecule is CCCCc1ncc2n1C(c1ccc(-c3ccccc3-c3nnn[nH]3)cc1)CCC2=CC(=O)O. The second-order valence-electron chi connectivity index (χ2n) is 8.51. The topological polar surface area (TPSA) is 110 Å². The Bertz CT molecular complexity index is 1320. The highest BCUT2D eigenvalue weighted by molar-refractivity contribution is 5.89. The van der Waals surface area contributed by atoms with E-state index in [1.165, 1.54) is 11.6 Å². The summed E-state index contributed by atoms with van der Waals surface area (Å²) in [4.78, 5) is 16.1. The van der Waals surface area contributed by atoms with Gasteiger partial charge < -0.3 is 9.67 Å². The maximum Gasteiger partial charge on any atom is 0.328 e. The number of unbranched alkanes of at least 4 members (excludes halogenated alkanes) is 1. The molecule has 1 unspecified atom stereocenters. The van der Waals surface area contributed by atoms with Crippen LogP contribution >= 0.6 is 0 Å². The molecule has 1 aliphatic heterocycles. The number of hydrogen-bond acceptors (Lipinski definition) is 5. The number of benzene rings is 2. The number of nitrogens with one attached hydrogen (secondary N) is 1. The molecule has 1 aliphatic rings. The fourth-order valence-corrected chi connectivity index (χ4v) is 4.76. The van der Waals surface area contributed by atoms with Gasteiger partial charge in [0.25, 0.3) is 0 Å². The van der Waals surface area contributed by atoms with Gasteiger partial charge in [0, 0.05) is 18.1 Å². The van der Waals surface area contributed by atoms with Crippen LogP contribution in [0.2, 0.25) is 0 Å². The summed E-state index contributed by atoms with van der Waals surface area (Å²) in [5, 5.41) is 23.7. The Balaban J connectivity index is 1.51. The predicted molar refractivity (Wildman–Crippen MR) is 129 cm³/mol. The molecule has 4 aromatic rings. The third kappa shape index (κ3) is 4.14. The van der Waals surface area contributed by atoms with Gasteiger partial charge in [-0.3, -0.25) is 0 Å². The number of hydrogen-bond donors (Lipinski definition) is 2. The molecule has 0 aliphatic carbocycles. The Morgan fingerprint density at radius 2 is 1.97 bits per heavy atom. The Morgan fingerprint density at radius 3 is 2.68 bits per heavy atom. The molecule has 2 N–H and O–H groups in total. The molecule has 2 aromatic heterocycles. The lowest BCUT2D eigenvalue weighted by atomic mass is 9.91. The molecule has 0 saturated carbocycles. The number of H-pyrrole nitrogens is 1. The zero-order valence-electron chi connectivity index (χ0n) is 19.0. The Hall–Kier alpha value is -4.07. The van der Waals surface area contributed by atoms with Crippen LogP contribution in [0, 0.1) is 0 Å². The van der Waals surface area contributed by atoms with Crippen LogP contribution in [0.4, 0.5) is 0 Å². The number of carboxylic acids is 1. The molecular weight excluding hydrogens is 428 g/mol. The number of carboxylic acid groups (broad SMARTS) is 1. The monoisotopic (exact) mass is 454 g/mol. The summed E-state index contributed by atoms with van der Waals surface area (Å²) in [5.74, 6) is 0.736. The summed E-state index contributed by atoms with van der Waals surface area (Å²) in [6.45, 7) is 2.17. The van der Waals surface area contributed by atoms with Crippen LogP contribution in [0.1, 0.15) is 55.7 Å². The first-order valence-electron chi connectivity index (χ1n) is 11.6. The van der Waals surface area contributed by atoms with Crippen molar-refractivity contribution in [3.05, 3.63) is 77.9 Å². The summed E-state index contributed by atoms with van der Waals surface area (Å²) < 4.78 is 2.25. The molecule has 8 heteroatoms. The van der Waals surface area contributed by atoms with E-state index in [0.29, 0.717) is 12.2 Å². The van der Waals surface area contributed by atoms with Crippen LogP contribution < -0.4 is 0 Å². The number of allylic oxidation sites excluding steroid dienone is 1. The molecule has 0 bridgehead atoms. The number of tetrazole rings is 1. The van der Waals surface area contributed by atoms with Gasteiger partial charge in [0.15, 0.2) is 5.82 Å². The number of imidazole rings is 1. The van der Waals surface area contributed by atoms with Crippen molar-refractivity contribution in [2.75, 3.05) is 0 Å². The molecule has 5 rings (SSSR count). The minimum atomic E-state index is -0.915. The van der Waals surface area contributed by atoms with Crippen molar-refractivity contribution in [2.24, 2.45) is 0 Å². The zero-order chi connectivity index (χ0) is 23.5. The number of aliphatic carboxylic acids is 1. The summed E-state index contributed by atoms with van der Waals surface area (Å²) in [6, 6.07) is 16.7. The van der Waals surface area contributed by atoms with Crippen molar-refractivity contribution < 1.29 is 9.90 Å². The third-order valence-corrected chi connectivity index (χ3v) is 6.39. The standard InChI is InChI=1S/C26H26N6O2/c1-2-3-8-24-27-16-23-19(15-25(33)34)13-14-22(32(23)24)18-11-9-17(10-12-18)20-6-4-5-7-21(20)26-28-30-31-29-26/h4-7,9-12,15-16,22H,2-3,8,13-14H2,1H3,(H,33,34)(H,28,29,30,31). The van der Waals surface area contributed by atoms with E-state index in [1.807, 2.05) is 24.4 Å². The highest BCUT2D eigenvalue weighted by Gasteiger charge is 2.27. The second kappa shape index (κ2) is 9.43. The number of carbonyl (C=O) groups is 1. The van der Waals surface area contributed by atoms with E-state index in [0.717, 1.165) is 59.5 Å². The van der Waals surface area contributed by atoms with Crippen molar-refractivity contribution in [2.45, 2.75) is 45.1 Å². The first-order valence-corrected chi connectivity index (χ1v) is 11.6. The number of rotatable bonds is 7. The third-order valence-electron chi connectivity index (χ3n) is 6.39. The van der Waals surface area contributed by atoms with Gasteiger partial charge in [0.1, 0.15) is 5.82 Å². The van der Waals surface area contributed by atoms with Gasteiger partial charge in [-0.25, -0.2) is 14.9 Å². The van der Waals surface area contributed by atoms with Crippen LogP contribution in [0.3, 0.4) is 0 Å². The molecule has 0 radical (unpaired) electrons. The molecule has 0 saturated heterocycles. The largest absolute Gasteiger partial charge is 0.478 e. The van der Waals surface area contributed by atoms with Gasteiger partial charge in [-0.1, -0.05) is 61.9 Å². The lowest BCUT2D eigenvalue weighted by Gasteiger charge is -2.29. The van der Waals surface area contributed by atoms with Gasteiger partial charge in [-0.2, -0.15) is 0 Å². The summed E-state index contributed by atoms with van der Waals surface area (Å²) in [6.07, 6.45) is 7.71. The highest BCUT2D eigenvalue weighted by atomic mass is 16.4. The average molecular weight is 455 g/mol. The van der Waals surface area contributed by atoms with E-state index in [9.17, 15) is 9.90 Å². The number of fused-ring (bicyclic) bond motifs is 1. The van der Waals surface area contributed by atoms with E-state index in [-0.39, 0.29) is 6.04 Å². The number of aryl methyl sites for hydroxylation is 1. The van der Waals surface area contributed by atoms with E-state index < -0.39 is 5.97 Å². The molecule has 34 heavy (non-hydrogen) atoms. The van der Waals surface area contributed by atoms with Crippen LogP contribution in [0.25, 0.3) is 28.1 Å². The maximum atomic E-state index is 11.4. The zero-order valence-corrected chi connectivity index (χ0v) is 19.0. The minimum Gasteiger partial charge on any atom is -0.478 e. The van der Waals surface area contributed by atoms with Crippen LogP contribution in [0.15, 0.2) is 60.8 Å². The average Bonchev–Trinajstić information content (AvgIpc) is 3.54. The Labute approximate surface area is 197 Å². The van der Waals surface area contributed by atoms with Crippen molar-refractivity contribution in [3.8, 4) is 22.5 Å². The second-order valence-corrected chi connectivity index (χ2v) is 8.51. The number of aromatic amines is 1. The van der Waals surface area contributed by atoms with Crippen molar-refractivity contribution in [1.82, 2.24) is 30.2 Å². The van der Waals surface area contributed by atoms with E-state index in [1.54, 1.807) is 0 Å². The molecule has 2 aromatic carbocycles. The van der Waals surface area contributed by atoms with Crippen molar-refractivity contribution >= 4 is 11.5 Å². The molecule has 172 valence electrons. The van der Waals surface area contributed by atoms with Gasteiger partial charge in [-0.15, -0.1) is 5.10 Å². The van der Waals surface area contributed by atoms with Gasteiger partial charge >= 0.3 is 5.97 Å². The van der Waals surface area contributed by atoms with Crippen molar-refractivity contribution in [1.29, 1.82) is 0 Å². The molecular formula is C26H26N6O2. The molecule has 0 amide bonds. The lowest BCUT2D eigenvalue weighted by Crippen LogP contribution is -2.21. The first-order chi connectivity index (χ1) is 16.7. The summed E-state index contributed by atoms with van der Waals surface area (Å²) in [7, 11) is 0. The normalized spacial score (nSPS) is 16.5. The van der Waals surface area contributed by atoms with Gasteiger partial charge in [-0.05, 0) is 52.0 Å². The molecule has 0 fully saturated rings. The van der Waals surface area contributed by atoms with Crippen molar-refractivity contribution in [3.63, 3.8) is 0 Å². The van der Waals surface area contributed by atoms with Crippen LogP contribution in [0.5, 0.6) is 0 Å². The lowest BCUT2D eigenvalue weighted by molar-refractivity contribution is -0.131. The van der Waals surface area contributed by atoms with Gasteiger partial charge in [0.05, 0.1) is 17.9 Å². The quantitative estimate of drug-likeness (QED) is 0.384. The van der Waals surface area contributed by atoms with E-state index in [2.05, 4.69) is 67.4 Å². The predicted octanol–water partition coefficient (Wildman–Crippen LogP) is 4.92. The number of aromatic nitrogens is 6. The molecule has 0 spiro atoms. The first kappa shape index (κ1) is 21.8. The molecule has 8 nitrogen and oxygen atoms in total. The highest BCUT2D eigenvalue weighted by Crippen LogP contribution is 2.39. The smallest absolute Gasteiger partial charge is 0.328 e. The van der Waals surface area contributed by atoms with Gasteiger partial charge in [0.2, 0.25) is 0 Å². The minimum absolute atomic E-state index is 0.123. The van der Waals surface area contributed by atoms with E-state index in [4.69, 9.17) is 0 Å². The molecule has 3 heterocycles.